The second-order valence-corrected chi connectivity index (χ2v) is 5.03. The van der Waals surface area contributed by atoms with Crippen molar-refractivity contribution < 1.29 is 4.79 Å². The lowest BCUT2D eigenvalue weighted by Gasteiger charge is -2.16. The fourth-order valence-electron chi connectivity index (χ4n) is 2.46. The van der Waals surface area contributed by atoms with E-state index in [1.165, 1.54) is 50.9 Å². The SMILES string of the molecule is O=C(NCCNC1CCCCCC1)c1ccnnc1. The quantitative estimate of drug-likeness (QED) is 0.623. The van der Waals surface area contributed by atoms with Crippen LogP contribution in [0.5, 0.6) is 0 Å². The van der Waals surface area contributed by atoms with Crippen LogP contribution in [0.3, 0.4) is 0 Å². The number of amides is 1. The Hall–Kier alpha value is -1.49. The molecule has 1 aromatic heterocycles. The number of hydrogen-bond donors (Lipinski definition) is 2. The third-order valence-electron chi connectivity index (χ3n) is 3.55. The Labute approximate surface area is 114 Å². The first-order chi connectivity index (χ1) is 9.36. The zero-order valence-corrected chi connectivity index (χ0v) is 11.3. The maximum Gasteiger partial charge on any atom is 0.253 e. The molecule has 0 spiro atoms. The summed E-state index contributed by atoms with van der Waals surface area (Å²) >= 11 is 0. The van der Waals surface area contributed by atoms with Crippen LogP contribution in [0.4, 0.5) is 0 Å². The molecule has 1 aliphatic rings. The minimum Gasteiger partial charge on any atom is -0.351 e. The molecule has 1 fully saturated rings. The Morgan fingerprint density at radius 3 is 2.63 bits per heavy atom. The van der Waals surface area contributed by atoms with Crippen molar-refractivity contribution in [2.45, 2.75) is 44.6 Å². The van der Waals surface area contributed by atoms with Crippen LogP contribution < -0.4 is 10.6 Å². The lowest BCUT2D eigenvalue weighted by Crippen LogP contribution is -2.36. The molecule has 1 aliphatic carbocycles. The molecule has 1 saturated carbocycles. The molecule has 0 unspecified atom stereocenters. The van der Waals surface area contributed by atoms with E-state index in [4.69, 9.17) is 0 Å². The molecule has 1 aromatic rings. The van der Waals surface area contributed by atoms with Gasteiger partial charge in [0.25, 0.3) is 5.91 Å². The van der Waals surface area contributed by atoms with Crippen LogP contribution in [0, 0.1) is 0 Å². The van der Waals surface area contributed by atoms with Crippen molar-refractivity contribution in [3.05, 3.63) is 24.0 Å². The van der Waals surface area contributed by atoms with Gasteiger partial charge in [-0.3, -0.25) is 4.79 Å². The molecule has 5 heteroatoms. The Morgan fingerprint density at radius 2 is 1.95 bits per heavy atom. The van der Waals surface area contributed by atoms with Gasteiger partial charge in [-0.15, -0.1) is 0 Å². The highest BCUT2D eigenvalue weighted by Gasteiger charge is 2.11. The number of nitrogens with one attached hydrogen (secondary N) is 2. The summed E-state index contributed by atoms with van der Waals surface area (Å²) in [5.74, 6) is -0.0856. The van der Waals surface area contributed by atoms with E-state index in [0.717, 1.165) is 6.54 Å². The minimum atomic E-state index is -0.0856. The number of nitrogens with zero attached hydrogens (tertiary/aromatic N) is 2. The first kappa shape index (κ1) is 13.9. The summed E-state index contributed by atoms with van der Waals surface area (Å²) in [7, 11) is 0. The lowest BCUT2D eigenvalue weighted by atomic mass is 10.1. The monoisotopic (exact) mass is 262 g/mol. The molecule has 19 heavy (non-hydrogen) atoms. The summed E-state index contributed by atoms with van der Waals surface area (Å²) in [6.45, 7) is 1.48. The second-order valence-electron chi connectivity index (χ2n) is 5.03. The van der Waals surface area contributed by atoms with Gasteiger partial charge in [0, 0.05) is 19.1 Å². The smallest absolute Gasteiger partial charge is 0.253 e. The number of rotatable bonds is 5. The van der Waals surface area contributed by atoms with Gasteiger partial charge in [0.05, 0.1) is 18.0 Å². The predicted octanol–water partition coefficient (Wildman–Crippen LogP) is 1.52. The van der Waals surface area contributed by atoms with E-state index < -0.39 is 0 Å². The molecular weight excluding hydrogens is 240 g/mol. The number of hydrogen-bond acceptors (Lipinski definition) is 4. The molecule has 104 valence electrons. The molecule has 0 saturated heterocycles. The third-order valence-corrected chi connectivity index (χ3v) is 3.55. The highest BCUT2D eigenvalue weighted by Crippen LogP contribution is 2.16. The Morgan fingerprint density at radius 1 is 1.16 bits per heavy atom. The minimum absolute atomic E-state index is 0.0856. The van der Waals surface area contributed by atoms with Crippen molar-refractivity contribution >= 4 is 5.91 Å². The second kappa shape index (κ2) is 7.84. The summed E-state index contributed by atoms with van der Waals surface area (Å²) in [5.41, 5.74) is 0.560. The van der Waals surface area contributed by atoms with Crippen molar-refractivity contribution in [3.8, 4) is 0 Å². The molecule has 5 nitrogen and oxygen atoms in total. The van der Waals surface area contributed by atoms with Crippen LogP contribution >= 0.6 is 0 Å². The maximum absolute atomic E-state index is 11.7. The standard InChI is InChI=1S/C14H22N4O/c19-14(12-7-8-17-18-11-12)16-10-9-15-13-5-3-1-2-4-6-13/h7-8,11,13,15H,1-6,9-10H2,(H,16,19). The Bertz CT molecular complexity index is 374. The Balaban J connectivity index is 1.62. The summed E-state index contributed by atoms with van der Waals surface area (Å²) in [6.07, 6.45) is 10.9. The third kappa shape index (κ3) is 4.95. The van der Waals surface area contributed by atoms with E-state index in [9.17, 15) is 4.79 Å². The zero-order chi connectivity index (χ0) is 13.3. The van der Waals surface area contributed by atoms with E-state index >= 15 is 0 Å². The number of carbonyl (C=O) groups excluding carboxylic acids is 1. The van der Waals surface area contributed by atoms with Crippen molar-refractivity contribution in [3.63, 3.8) is 0 Å². The fourth-order valence-corrected chi connectivity index (χ4v) is 2.46. The molecule has 0 atom stereocenters. The number of carbonyl (C=O) groups is 1. The van der Waals surface area contributed by atoms with Crippen LogP contribution in [-0.4, -0.2) is 35.2 Å². The van der Waals surface area contributed by atoms with Gasteiger partial charge in [0.15, 0.2) is 0 Å². The highest BCUT2D eigenvalue weighted by atomic mass is 16.1. The van der Waals surface area contributed by atoms with Crippen molar-refractivity contribution in [2.75, 3.05) is 13.1 Å². The van der Waals surface area contributed by atoms with Gasteiger partial charge >= 0.3 is 0 Å². The van der Waals surface area contributed by atoms with E-state index in [0.29, 0.717) is 18.2 Å². The highest BCUT2D eigenvalue weighted by molar-refractivity contribution is 5.93. The molecule has 0 bridgehead atoms. The average Bonchev–Trinajstić information content (AvgIpc) is 2.73. The number of aromatic nitrogens is 2. The zero-order valence-electron chi connectivity index (χ0n) is 11.3. The van der Waals surface area contributed by atoms with E-state index in [1.54, 1.807) is 6.07 Å². The van der Waals surface area contributed by atoms with Gasteiger partial charge in [0.2, 0.25) is 0 Å². The molecule has 0 aliphatic heterocycles. The molecule has 2 rings (SSSR count). The summed E-state index contributed by atoms with van der Waals surface area (Å²) in [4.78, 5) is 11.7. The first-order valence-electron chi connectivity index (χ1n) is 7.14. The van der Waals surface area contributed by atoms with Gasteiger partial charge in [-0.25, -0.2) is 0 Å². The van der Waals surface area contributed by atoms with Crippen LogP contribution in [0.2, 0.25) is 0 Å². The van der Waals surface area contributed by atoms with Gasteiger partial charge < -0.3 is 10.6 Å². The van der Waals surface area contributed by atoms with Gasteiger partial charge in [-0.2, -0.15) is 10.2 Å². The van der Waals surface area contributed by atoms with Crippen LogP contribution in [0.25, 0.3) is 0 Å². The van der Waals surface area contributed by atoms with Crippen LogP contribution in [-0.2, 0) is 0 Å². The predicted molar refractivity (Wildman–Crippen MR) is 73.9 cm³/mol. The summed E-state index contributed by atoms with van der Waals surface area (Å²) < 4.78 is 0. The first-order valence-corrected chi connectivity index (χ1v) is 7.14. The van der Waals surface area contributed by atoms with Gasteiger partial charge in [-0.1, -0.05) is 25.7 Å². The summed E-state index contributed by atoms with van der Waals surface area (Å²) in [5, 5.41) is 13.8. The Kier molecular flexibility index (Phi) is 5.75. The molecule has 2 N–H and O–H groups in total. The molecule has 1 heterocycles. The molecule has 1 amide bonds. The van der Waals surface area contributed by atoms with Crippen LogP contribution in [0.1, 0.15) is 48.9 Å². The van der Waals surface area contributed by atoms with Crippen molar-refractivity contribution in [1.29, 1.82) is 0 Å². The topological polar surface area (TPSA) is 66.9 Å². The van der Waals surface area contributed by atoms with Crippen molar-refractivity contribution in [2.24, 2.45) is 0 Å². The normalized spacial score (nSPS) is 16.8. The van der Waals surface area contributed by atoms with Gasteiger partial charge in [0.1, 0.15) is 0 Å². The largest absolute Gasteiger partial charge is 0.351 e. The lowest BCUT2D eigenvalue weighted by molar-refractivity contribution is 0.0953. The molecule has 0 aromatic carbocycles. The average molecular weight is 262 g/mol. The summed E-state index contributed by atoms with van der Waals surface area (Å²) in [6, 6.07) is 2.29. The van der Waals surface area contributed by atoms with Crippen LogP contribution in [0.15, 0.2) is 18.5 Å². The van der Waals surface area contributed by atoms with Crippen molar-refractivity contribution in [1.82, 2.24) is 20.8 Å². The van der Waals surface area contributed by atoms with E-state index in [1.807, 2.05) is 0 Å². The molecule has 0 radical (unpaired) electrons. The van der Waals surface area contributed by atoms with Gasteiger partial charge in [-0.05, 0) is 18.9 Å². The van der Waals surface area contributed by atoms with E-state index in [-0.39, 0.29) is 5.91 Å². The fraction of sp³-hybridized carbons (Fsp3) is 0.643. The van der Waals surface area contributed by atoms with E-state index in [2.05, 4.69) is 20.8 Å². The molecular formula is C14H22N4O. The maximum atomic E-state index is 11.7.